The average molecular weight is 459 g/mol. The van der Waals surface area contributed by atoms with Gasteiger partial charge < -0.3 is 9.64 Å². The minimum absolute atomic E-state index is 0.258. The number of pyridine rings is 3. The number of likely N-dealkylation sites (N-methyl/N-ethyl adjacent to an activating group) is 1. The molecule has 0 spiro atoms. The van der Waals surface area contributed by atoms with Gasteiger partial charge in [-0.2, -0.15) is 4.39 Å². The van der Waals surface area contributed by atoms with Crippen LogP contribution in [0.15, 0.2) is 67.9 Å². The lowest BCUT2D eigenvalue weighted by Gasteiger charge is -2.16. The SMILES string of the molecule is C=CC(=O)N(C)c1cncc(-c2cnc3c(c2)c(-c2ccnc(F)c2)cn3C(C)OC(C)=O)c1. The average Bonchev–Trinajstić information content (AvgIpc) is 3.22. The Bertz CT molecular complexity index is 1410. The van der Waals surface area contributed by atoms with Crippen molar-refractivity contribution >= 4 is 28.6 Å². The molecule has 4 rings (SSSR count). The predicted molar refractivity (Wildman–Crippen MR) is 126 cm³/mol. The van der Waals surface area contributed by atoms with Gasteiger partial charge in [-0.15, -0.1) is 0 Å². The molecule has 1 amide bonds. The lowest BCUT2D eigenvalue weighted by atomic mass is 10.0. The Labute approximate surface area is 195 Å². The number of hydrogen-bond donors (Lipinski definition) is 0. The lowest BCUT2D eigenvalue weighted by Crippen LogP contribution is -2.23. The van der Waals surface area contributed by atoms with Crippen LogP contribution in [0.3, 0.4) is 0 Å². The molecule has 34 heavy (non-hydrogen) atoms. The summed E-state index contributed by atoms with van der Waals surface area (Å²) in [5, 5.41) is 0.725. The van der Waals surface area contributed by atoms with E-state index in [-0.39, 0.29) is 5.91 Å². The lowest BCUT2D eigenvalue weighted by molar-refractivity contribution is -0.149. The van der Waals surface area contributed by atoms with Gasteiger partial charge in [0.2, 0.25) is 11.9 Å². The number of ether oxygens (including phenoxy) is 1. The van der Waals surface area contributed by atoms with E-state index in [1.54, 1.807) is 49.4 Å². The van der Waals surface area contributed by atoms with E-state index in [4.69, 9.17) is 4.74 Å². The number of nitrogens with zero attached hydrogens (tertiary/aromatic N) is 5. The molecule has 0 fully saturated rings. The molecule has 0 aromatic carbocycles. The van der Waals surface area contributed by atoms with E-state index in [1.807, 2.05) is 12.1 Å². The van der Waals surface area contributed by atoms with Crippen molar-refractivity contribution in [3.05, 3.63) is 73.9 Å². The van der Waals surface area contributed by atoms with Gasteiger partial charge in [-0.05, 0) is 36.8 Å². The largest absolute Gasteiger partial charge is 0.442 e. The summed E-state index contributed by atoms with van der Waals surface area (Å²) >= 11 is 0. The van der Waals surface area contributed by atoms with Crippen LogP contribution in [0, 0.1) is 5.95 Å². The molecule has 0 saturated heterocycles. The number of hydrogen-bond acceptors (Lipinski definition) is 6. The van der Waals surface area contributed by atoms with Gasteiger partial charge in [0, 0.05) is 66.9 Å². The van der Waals surface area contributed by atoms with Gasteiger partial charge in [0.15, 0.2) is 6.23 Å². The molecule has 0 aliphatic rings. The molecule has 9 heteroatoms. The van der Waals surface area contributed by atoms with Crippen LogP contribution in [-0.4, -0.2) is 38.4 Å². The predicted octanol–water partition coefficient (Wildman–Crippen LogP) is 4.53. The summed E-state index contributed by atoms with van der Waals surface area (Å²) in [4.78, 5) is 37.5. The Morgan fingerprint density at radius 3 is 2.62 bits per heavy atom. The summed E-state index contributed by atoms with van der Waals surface area (Å²) in [6, 6.07) is 6.76. The fraction of sp³-hybridized carbons (Fsp3) is 0.160. The van der Waals surface area contributed by atoms with E-state index in [1.165, 1.54) is 30.2 Å². The zero-order chi connectivity index (χ0) is 24.4. The Kier molecular flexibility index (Phi) is 6.18. The van der Waals surface area contributed by atoms with Crippen molar-refractivity contribution in [2.24, 2.45) is 0 Å². The van der Waals surface area contributed by atoms with E-state index in [9.17, 15) is 14.0 Å². The number of esters is 1. The molecule has 0 bridgehead atoms. The number of carbonyl (C=O) groups excluding carboxylic acids is 2. The molecule has 1 atom stereocenters. The van der Waals surface area contributed by atoms with Gasteiger partial charge in [-0.3, -0.25) is 19.1 Å². The van der Waals surface area contributed by atoms with E-state index < -0.39 is 18.1 Å². The smallest absolute Gasteiger partial charge is 0.304 e. The molecule has 0 aliphatic carbocycles. The summed E-state index contributed by atoms with van der Waals surface area (Å²) in [5.74, 6) is -1.29. The topological polar surface area (TPSA) is 90.2 Å². The molecule has 0 N–H and O–H groups in total. The van der Waals surface area contributed by atoms with E-state index in [0.29, 0.717) is 22.5 Å². The molecule has 0 radical (unpaired) electrons. The maximum atomic E-state index is 13.9. The van der Waals surface area contributed by atoms with Gasteiger partial charge in [0.25, 0.3) is 0 Å². The van der Waals surface area contributed by atoms with Crippen molar-refractivity contribution in [1.29, 1.82) is 0 Å². The molecule has 172 valence electrons. The maximum Gasteiger partial charge on any atom is 0.304 e. The number of fused-ring (bicyclic) bond motifs is 1. The van der Waals surface area contributed by atoms with Crippen LogP contribution in [0.1, 0.15) is 20.1 Å². The first-order valence-corrected chi connectivity index (χ1v) is 10.4. The highest BCUT2D eigenvalue weighted by Crippen LogP contribution is 2.35. The number of rotatable bonds is 6. The van der Waals surface area contributed by atoms with Crippen LogP contribution in [0.2, 0.25) is 0 Å². The second-order valence-corrected chi connectivity index (χ2v) is 7.65. The number of anilines is 1. The van der Waals surface area contributed by atoms with Gasteiger partial charge in [-0.25, -0.2) is 9.97 Å². The second-order valence-electron chi connectivity index (χ2n) is 7.65. The Morgan fingerprint density at radius 1 is 1.15 bits per heavy atom. The summed E-state index contributed by atoms with van der Waals surface area (Å²) in [5.41, 5.74) is 3.95. The van der Waals surface area contributed by atoms with Crippen LogP contribution >= 0.6 is 0 Å². The Hall–Kier alpha value is -4.40. The first-order chi connectivity index (χ1) is 16.3. The first kappa shape index (κ1) is 22.8. The zero-order valence-electron chi connectivity index (χ0n) is 18.9. The molecule has 0 saturated carbocycles. The fourth-order valence-electron chi connectivity index (χ4n) is 3.70. The summed E-state index contributed by atoms with van der Waals surface area (Å²) in [6.45, 7) is 6.58. The van der Waals surface area contributed by atoms with Gasteiger partial charge in [0.1, 0.15) is 5.65 Å². The van der Waals surface area contributed by atoms with E-state index in [2.05, 4.69) is 21.5 Å². The van der Waals surface area contributed by atoms with Crippen LogP contribution < -0.4 is 4.90 Å². The Balaban J connectivity index is 1.87. The van der Waals surface area contributed by atoms with Crippen molar-refractivity contribution in [3.8, 4) is 22.3 Å². The third kappa shape index (κ3) is 4.40. The quantitative estimate of drug-likeness (QED) is 0.239. The standard InChI is InChI=1S/C25H22FN5O3/c1-5-24(33)30(4)20-8-18(11-27-13-20)19-9-21-22(17-6-7-28-23(26)10-17)14-31(25(21)29-12-19)15(2)34-16(3)32/h5-15H,1H2,2-4H3. The van der Waals surface area contributed by atoms with Crippen molar-refractivity contribution in [2.45, 2.75) is 20.1 Å². The van der Waals surface area contributed by atoms with Gasteiger partial charge in [-0.1, -0.05) is 6.58 Å². The summed E-state index contributed by atoms with van der Waals surface area (Å²) in [7, 11) is 1.64. The van der Waals surface area contributed by atoms with E-state index >= 15 is 0 Å². The molecular weight excluding hydrogens is 437 g/mol. The minimum atomic E-state index is -0.623. The molecule has 0 aliphatic heterocycles. The molecule has 4 aromatic heterocycles. The zero-order valence-corrected chi connectivity index (χ0v) is 18.9. The number of halogens is 1. The highest BCUT2D eigenvalue weighted by molar-refractivity contribution is 6.01. The molecule has 4 aromatic rings. The van der Waals surface area contributed by atoms with E-state index in [0.717, 1.165) is 16.5 Å². The van der Waals surface area contributed by atoms with Crippen molar-refractivity contribution < 1.29 is 18.7 Å². The van der Waals surface area contributed by atoms with Crippen LogP contribution in [0.25, 0.3) is 33.3 Å². The molecule has 8 nitrogen and oxygen atoms in total. The minimum Gasteiger partial charge on any atom is -0.442 e. The number of aromatic nitrogens is 4. The number of amides is 1. The monoisotopic (exact) mass is 459 g/mol. The van der Waals surface area contributed by atoms with Gasteiger partial charge in [0.05, 0.1) is 11.9 Å². The van der Waals surface area contributed by atoms with Crippen molar-refractivity contribution in [2.75, 3.05) is 11.9 Å². The summed E-state index contributed by atoms with van der Waals surface area (Å²) < 4.78 is 21.0. The molecular formula is C25H22FN5O3. The summed E-state index contributed by atoms with van der Waals surface area (Å²) in [6.07, 6.45) is 8.69. The Morgan fingerprint density at radius 2 is 1.91 bits per heavy atom. The maximum absolute atomic E-state index is 13.9. The molecule has 4 heterocycles. The van der Waals surface area contributed by atoms with Gasteiger partial charge >= 0.3 is 5.97 Å². The highest BCUT2D eigenvalue weighted by Gasteiger charge is 2.19. The second kappa shape index (κ2) is 9.22. The normalized spacial score (nSPS) is 11.8. The van der Waals surface area contributed by atoms with Crippen molar-refractivity contribution in [3.63, 3.8) is 0 Å². The third-order valence-electron chi connectivity index (χ3n) is 5.39. The van der Waals surface area contributed by atoms with Crippen LogP contribution in [-0.2, 0) is 14.3 Å². The first-order valence-electron chi connectivity index (χ1n) is 10.4. The fourth-order valence-corrected chi connectivity index (χ4v) is 3.70. The highest BCUT2D eigenvalue weighted by atomic mass is 19.1. The van der Waals surface area contributed by atoms with Crippen molar-refractivity contribution in [1.82, 2.24) is 19.5 Å². The number of carbonyl (C=O) groups is 2. The third-order valence-corrected chi connectivity index (χ3v) is 5.39. The van der Waals surface area contributed by atoms with Crippen LogP contribution in [0.5, 0.6) is 0 Å². The van der Waals surface area contributed by atoms with Crippen LogP contribution in [0.4, 0.5) is 10.1 Å². The molecule has 1 unspecified atom stereocenters.